The van der Waals surface area contributed by atoms with Crippen LogP contribution in [0.3, 0.4) is 0 Å². The highest BCUT2D eigenvalue weighted by molar-refractivity contribution is 6.00. The van der Waals surface area contributed by atoms with Gasteiger partial charge in [-0.3, -0.25) is 0 Å². The first kappa shape index (κ1) is 12.7. The molecule has 98 valence electrons. The summed E-state index contributed by atoms with van der Waals surface area (Å²) in [6.45, 7) is 3.74. The molecule has 0 spiro atoms. The molecule has 1 aromatic carbocycles. The zero-order valence-corrected chi connectivity index (χ0v) is 10.3. The molecule has 0 saturated carbocycles. The van der Waals surface area contributed by atoms with Crippen molar-refractivity contribution in [2.75, 3.05) is 23.7 Å². The van der Waals surface area contributed by atoms with Gasteiger partial charge in [0.2, 0.25) is 0 Å². The lowest BCUT2D eigenvalue weighted by molar-refractivity contribution is 0.0698. The molecule has 5 heteroatoms. The second-order valence-corrected chi connectivity index (χ2v) is 4.83. The molecule has 0 radical (unpaired) electrons. The van der Waals surface area contributed by atoms with Gasteiger partial charge in [-0.15, -0.1) is 0 Å². The van der Waals surface area contributed by atoms with Gasteiger partial charge in [-0.2, -0.15) is 0 Å². The van der Waals surface area contributed by atoms with Crippen molar-refractivity contribution >= 4 is 17.3 Å². The number of carbonyl (C=O) groups is 1. The summed E-state index contributed by atoms with van der Waals surface area (Å²) >= 11 is 0. The van der Waals surface area contributed by atoms with Crippen LogP contribution in [0.25, 0.3) is 0 Å². The minimum atomic E-state index is -1.18. The Kier molecular flexibility index (Phi) is 3.41. The summed E-state index contributed by atoms with van der Waals surface area (Å²) in [4.78, 5) is 13.2. The smallest absolute Gasteiger partial charge is 0.340 e. The number of nitrogen functional groups attached to an aromatic ring is 1. The van der Waals surface area contributed by atoms with E-state index in [1.165, 1.54) is 12.1 Å². The lowest BCUT2D eigenvalue weighted by atomic mass is 9.97. The van der Waals surface area contributed by atoms with Gasteiger partial charge in [0.15, 0.2) is 0 Å². The van der Waals surface area contributed by atoms with Gasteiger partial charge in [0.1, 0.15) is 11.4 Å². The fraction of sp³-hybridized carbons (Fsp3) is 0.462. The Morgan fingerprint density at radius 2 is 2.06 bits per heavy atom. The van der Waals surface area contributed by atoms with Crippen LogP contribution in [0.15, 0.2) is 12.1 Å². The van der Waals surface area contributed by atoms with E-state index in [-0.39, 0.29) is 11.3 Å². The third-order valence-electron chi connectivity index (χ3n) is 3.51. The monoisotopic (exact) mass is 252 g/mol. The Morgan fingerprint density at radius 3 is 2.61 bits per heavy atom. The number of hydrogen-bond acceptors (Lipinski definition) is 3. The van der Waals surface area contributed by atoms with Crippen LogP contribution in [0, 0.1) is 11.7 Å². The van der Waals surface area contributed by atoms with Crippen molar-refractivity contribution < 1.29 is 14.3 Å². The zero-order chi connectivity index (χ0) is 13.3. The number of carboxylic acid groups (broad SMARTS) is 1. The summed E-state index contributed by atoms with van der Waals surface area (Å²) in [6.07, 6.45) is 2.02. The Labute approximate surface area is 105 Å². The molecule has 0 aliphatic carbocycles. The molecule has 1 fully saturated rings. The molecule has 0 bridgehead atoms. The van der Waals surface area contributed by atoms with Gasteiger partial charge in [0.05, 0.1) is 11.4 Å². The SMILES string of the molecule is CC1CCN(c2ccc(F)c(N)c2C(=O)O)CC1. The summed E-state index contributed by atoms with van der Waals surface area (Å²) in [7, 11) is 0. The fourth-order valence-electron chi connectivity index (χ4n) is 2.32. The lowest BCUT2D eigenvalue weighted by Gasteiger charge is -2.33. The molecule has 2 rings (SSSR count). The first-order valence-electron chi connectivity index (χ1n) is 6.07. The summed E-state index contributed by atoms with van der Waals surface area (Å²) in [5, 5.41) is 9.18. The largest absolute Gasteiger partial charge is 0.478 e. The highest BCUT2D eigenvalue weighted by atomic mass is 19.1. The third kappa shape index (κ3) is 2.25. The number of hydrogen-bond donors (Lipinski definition) is 2. The second kappa shape index (κ2) is 4.84. The van der Waals surface area contributed by atoms with Crippen molar-refractivity contribution in [1.29, 1.82) is 0 Å². The van der Waals surface area contributed by atoms with Crippen molar-refractivity contribution in [3.05, 3.63) is 23.5 Å². The predicted octanol–water partition coefficient (Wildman–Crippen LogP) is 2.34. The van der Waals surface area contributed by atoms with E-state index in [1.807, 2.05) is 4.90 Å². The molecule has 0 atom stereocenters. The Bertz CT molecular complexity index is 468. The molecular formula is C13H17FN2O2. The first-order chi connectivity index (χ1) is 8.50. The van der Waals surface area contributed by atoms with E-state index in [9.17, 15) is 14.3 Å². The number of aromatic carboxylic acids is 1. The van der Waals surface area contributed by atoms with E-state index in [1.54, 1.807) is 0 Å². The first-order valence-corrected chi connectivity index (χ1v) is 6.07. The topological polar surface area (TPSA) is 66.6 Å². The molecule has 0 unspecified atom stereocenters. The van der Waals surface area contributed by atoms with Gasteiger partial charge in [-0.1, -0.05) is 6.92 Å². The molecular weight excluding hydrogens is 235 g/mol. The van der Waals surface area contributed by atoms with Crippen LogP contribution in [0.4, 0.5) is 15.8 Å². The number of nitrogens with two attached hydrogens (primary N) is 1. The summed E-state index contributed by atoms with van der Waals surface area (Å²) in [5.41, 5.74) is 5.66. The van der Waals surface area contributed by atoms with Gasteiger partial charge < -0.3 is 15.7 Å². The minimum absolute atomic E-state index is 0.121. The number of piperidine rings is 1. The van der Waals surface area contributed by atoms with E-state index in [2.05, 4.69) is 6.92 Å². The number of rotatable bonds is 2. The van der Waals surface area contributed by atoms with Gasteiger partial charge in [0.25, 0.3) is 0 Å². The Hall–Kier alpha value is -1.78. The average Bonchev–Trinajstić information content (AvgIpc) is 2.33. The second-order valence-electron chi connectivity index (χ2n) is 4.83. The standard InChI is InChI=1S/C13H17FN2O2/c1-8-4-6-16(7-5-8)10-3-2-9(14)12(15)11(10)13(17)18/h2-3,8H,4-7,15H2,1H3,(H,17,18). The van der Waals surface area contributed by atoms with Gasteiger partial charge >= 0.3 is 5.97 Å². The van der Waals surface area contributed by atoms with Crippen molar-refractivity contribution in [2.24, 2.45) is 5.92 Å². The lowest BCUT2D eigenvalue weighted by Crippen LogP contribution is -2.34. The van der Waals surface area contributed by atoms with E-state index >= 15 is 0 Å². The van der Waals surface area contributed by atoms with E-state index < -0.39 is 11.8 Å². The number of anilines is 2. The summed E-state index contributed by atoms with van der Waals surface area (Å²) in [5.74, 6) is -1.21. The third-order valence-corrected chi connectivity index (χ3v) is 3.51. The molecule has 1 heterocycles. The molecule has 1 aliphatic rings. The van der Waals surface area contributed by atoms with Crippen molar-refractivity contribution in [3.63, 3.8) is 0 Å². The van der Waals surface area contributed by atoms with E-state index in [4.69, 9.17) is 5.73 Å². The summed E-state index contributed by atoms with van der Waals surface area (Å²) in [6, 6.07) is 2.74. The normalized spacial score (nSPS) is 16.9. The molecule has 0 amide bonds. The maximum atomic E-state index is 13.3. The molecule has 1 aliphatic heterocycles. The molecule has 1 aromatic rings. The zero-order valence-electron chi connectivity index (χ0n) is 10.3. The highest BCUT2D eigenvalue weighted by Crippen LogP contribution is 2.31. The average molecular weight is 252 g/mol. The molecule has 0 aromatic heterocycles. The number of halogens is 1. The Balaban J connectivity index is 2.38. The van der Waals surface area contributed by atoms with Crippen molar-refractivity contribution in [3.8, 4) is 0 Å². The molecule has 3 N–H and O–H groups in total. The number of benzene rings is 1. The van der Waals surface area contributed by atoms with Crippen LogP contribution in [0.5, 0.6) is 0 Å². The van der Waals surface area contributed by atoms with Crippen LogP contribution < -0.4 is 10.6 Å². The maximum absolute atomic E-state index is 13.3. The number of nitrogens with zero attached hydrogens (tertiary/aromatic N) is 1. The molecule has 4 nitrogen and oxygen atoms in total. The van der Waals surface area contributed by atoms with Crippen molar-refractivity contribution in [2.45, 2.75) is 19.8 Å². The minimum Gasteiger partial charge on any atom is -0.478 e. The van der Waals surface area contributed by atoms with E-state index in [0.29, 0.717) is 11.6 Å². The van der Waals surface area contributed by atoms with Crippen LogP contribution >= 0.6 is 0 Å². The van der Waals surface area contributed by atoms with Crippen LogP contribution in [-0.2, 0) is 0 Å². The molecule has 1 saturated heterocycles. The van der Waals surface area contributed by atoms with Crippen molar-refractivity contribution in [1.82, 2.24) is 0 Å². The number of carboxylic acids is 1. The van der Waals surface area contributed by atoms with Gasteiger partial charge in [0, 0.05) is 13.1 Å². The highest BCUT2D eigenvalue weighted by Gasteiger charge is 2.24. The summed E-state index contributed by atoms with van der Waals surface area (Å²) < 4.78 is 13.3. The molecule has 18 heavy (non-hydrogen) atoms. The predicted molar refractivity (Wildman–Crippen MR) is 68.4 cm³/mol. The van der Waals surface area contributed by atoms with E-state index in [0.717, 1.165) is 25.9 Å². The quantitative estimate of drug-likeness (QED) is 0.793. The van der Waals surface area contributed by atoms with Crippen LogP contribution in [0.2, 0.25) is 0 Å². The van der Waals surface area contributed by atoms with Gasteiger partial charge in [-0.05, 0) is 30.9 Å². The fourth-order valence-corrected chi connectivity index (χ4v) is 2.32. The Morgan fingerprint density at radius 1 is 1.44 bits per heavy atom. The van der Waals surface area contributed by atoms with Crippen LogP contribution in [0.1, 0.15) is 30.1 Å². The van der Waals surface area contributed by atoms with Gasteiger partial charge in [-0.25, -0.2) is 9.18 Å². The maximum Gasteiger partial charge on any atom is 0.340 e. The van der Waals surface area contributed by atoms with Crippen LogP contribution in [-0.4, -0.2) is 24.2 Å².